The first-order valence-electron chi connectivity index (χ1n) is 5.70. The molecule has 2 rings (SSSR count). The first kappa shape index (κ1) is 15.2. The molecule has 0 aromatic heterocycles. The van der Waals surface area contributed by atoms with Crippen LogP contribution in [0.25, 0.3) is 0 Å². The minimum absolute atomic E-state index is 0.0218. The molecule has 0 amide bonds. The van der Waals surface area contributed by atoms with Gasteiger partial charge < -0.3 is 19.6 Å². The van der Waals surface area contributed by atoms with Gasteiger partial charge in [0, 0.05) is 4.90 Å². The number of hydrogen-bond acceptors (Lipinski definition) is 4. The zero-order valence-electron chi connectivity index (χ0n) is 9.90. The fraction of sp³-hybridized carbons (Fsp3) is 0.455. The lowest BCUT2D eigenvalue weighted by Gasteiger charge is -2.28. The second kappa shape index (κ2) is 6.04. The molecule has 0 aliphatic carbocycles. The summed E-state index contributed by atoms with van der Waals surface area (Å²) in [4.78, 5) is 18.8. The second-order valence-corrected chi connectivity index (χ2v) is 7.28. The molecule has 19 heavy (non-hydrogen) atoms. The molecule has 1 aliphatic heterocycles. The minimum Gasteiger partial charge on any atom is -0.493 e. The van der Waals surface area contributed by atoms with Crippen LogP contribution < -0.4 is 4.74 Å². The zero-order chi connectivity index (χ0) is 14.0. The van der Waals surface area contributed by atoms with E-state index in [9.17, 15) is 9.67 Å². The lowest BCUT2D eigenvalue weighted by Crippen LogP contribution is -2.19. The molecular weight excluding hydrogens is 311 g/mol. The number of aliphatic hydroxyl groups is 1. The lowest BCUT2D eigenvalue weighted by atomic mass is 9.90. The van der Waals surface area contributed by atoms with Crippen molar-refractivity contribution in [3.05, 3.63) is 23.8 Å². The minimum atomic E-state index is -4.46. The maximum Gasteiger partial charge on any atom is 0.353 e. The van der Waals surface area contributed by atoms with Gasteiger partial charge in [0.05, 0.1) is 6.61 Å². The highest BCUT2D eigenvalue weighted by Crippen LogP contribution is 2.47. The SMILES string of the molecule is O=P(O)(O)C(O)CC1CCOc2cc(SCl)ccc21. The Morgan fingerprint density at radius 2 is 2.26 bits per heavy atom. The van der Waals surface area contributed by atoms with Gasteiger partial charge in [0.1, 0.15) is 5.75 Å². The van der Waals surface area contributed by atoms with Crippen LogP contribution in [0.4, 0.5) is 0 Å². The van der Waals surface area contributed by atoms with Gasteiger partial charge in [-0.3, -0.25) is 4.57 Å². The molecule has 8 heteroatoms. The quantitative estimate of drug-likeness (QED) is 0.738. The normalized spacial score (nSPS) is 20.5. The number of ether oxygens (including phenoxy) is 1. The Labute approximate surface area is 119 Å². The van der Waals surface area contributed by atoms with Gasteiger partial charge >= 0.3 is 7.60 Å². The van der Waals surface area contributed by atoms with Crippen molar-refractivity contribution in [3.63, 3.8) is 0 Å². The van der Waals surface area contributed by atoms with Crippen LogP contribution in [0.2, 0.25) is 0 Å². The maximum atomic E-state index is 11.0. The molecule has 1 aromatic rings. The van der Waals surface area contributed by atoms with Crippen LogP contribution >= 0.6 is 29.3 Å². The molecule has 0 radical (unpaired) electrons. The lowest BCUT2D eigenvalue weighted by molar-refractivity contribution is 0.171. The van der Waals surface area contributed by atoms with E-state index in [2.05, 4.69) is 0 Å². The smallest absolute Gasteiger partial charge is 0.353 e. The van der Waals surface area contributed by atoms with Crippen LogP contribution in [0.3, 0.4) is 0 Å². The van der Waals surface area contributed by atoms with Gasteiger partial charge in [0.25, 0.3) is 0 Å². The van der Waals surface area contributed by atoms with Gasteiger partial charge in [-0.1, -0.05) is 6.07 Å². The van der Waals surface area contributed by atoms with Crippen LogP contribution in [-0.2, 0) is 4.57 Å². The molecule has 3 N–H and O–H groups in total. The number of halogens is 1. The maximum absolute atomic E-state index is 11.0. The van der Waals surface area contributed by atoms with Gasteiger partial charge in [-0.05, 0) is 58.1 Å². The number of rotatable bonds is 4. The molecule has 0 bridgehead atoms. The second-order valence-electron chi connectivity index (χ2n) is 4.42. The molecule has 2 unspecified atom stereocenters. The van der Waals surface area contributed by atoms with Gasteiger partial charge in [-0.15, -0.1) is 0 Å². The Kier molecular flexibility index (Phi) is 4.82. The van der Waals surface area contributed by atoms with E-state index in [0.29, 0.717) is 18.8 Å². The summed E-state index contributed by atoms with van der Waals surface area (Å²) in [7, 11) is 2.29. The Morgan fingerprint density at radius 3 is 2.89 bits per heavy atom. The molecular formula is C11H14ClO5PS. The van der Waals surface area contributed by atoms with E-state index in [1.54, 1.807) is 6.07 Å². The van der Waals surface area contributed by atoms with Crippen LogP contribution in [0.15, 0.2) is 23.1 Å². The molecule has 1 aromatic carbocycles. The predicted octanol–water partition coefficient (Wildman–Crippen LogP) is 2.68. The van der Waals surface area contributed by atoms with Crippen molar-refractivity contribution in [2.75, 3.05) is 6.61 Å². The number of benzene rings is 1. The van der Waals surface area contributed by atoms with E-state index in [4.69, 9.17) is 25.2 Å². The van der Waals surface area contributed by atoms with Gasteiger partial charge in [-0.2, -0.15) is 0 Å². The Morgan fingerprint density at radius 1 is 1.53 bits per heavy atom. The number of aliphatic hydroxyl groups excluding tert-OH is 1. The topological polar surface area (TPSA) is 87.0 Å². The number of hydrogen-bond donors (Lipinski definition) is 3. The third-order valence-corrected chi connectivity index (χ3v) is 5.08. The highest BCUT2D eigenvalue weighted by atomic mass is 35.7. The Balaban J connectivity index is 2.20. The van der Waals surface area contributed by atoms with Crippen molar-refractivity contribution in [3.8, 4) is 5.75 Å². The van der Waals surface area contributed by atoms with E-state index < -0.39 is 13.4 Å². The molecule has 1 aliphatic rings. The van der Waals surface area contributed by atoms with Gasteiger partial charge in [0.15, 0.2) is 5.85 Å². The Bertz CT molecular complexity index is 506. The van der Waals surface area contributed by atoms with Crippen LogP contribution in [0, 0.1) is 0 Å². The average molecular weight is 325 g/mol. The molecule has 0 saturated heterocycles. The van der Waals surface area contributed by atoms with Crippen LogP contribution in [0.5, 0.6) is 5.75 Å². The summed E-state index contributed by atoms with van der Waals surface area (Å²) in [5.41, 5.74) is 0.855. The zero-order valence-corrected chi connectivity index (χ0v) is 12.4. The van der Waals surface area contributed by atoms with Crippen LogP contribution in [-0.4, -0.2) is 27.3 Å². The van der Waals surface area contributed by atoms with Gasteiger partial charge in [-0.25, -0.2) is 0 Å². The summed E-state index contributed by atoms with van der Waals surface area (Å²) < 4.78 is 16.5. The van der Waals surface area contributed by atoms with Crippen molar-refractivity contribution in [1.29, 1.82) is 0 Å². The van der Waals surface area contributed by atoms with Crippen molar-refractivity contribution < 1.29 is 24.2 Å². The molecule has 2 atom stereocenters. The van der Waals surface area contributed by atoms with Crippen LogP contribution in [0.1, 0.15) is 24.3 Å². The summed E-state index contributed by atoms with van der Waals surface area (Å²) in [5, 5.41) is 9.54. The third kappa shape index (κ3) is 3.66. The molecule has 5 nitrogen and oxygen atoms in total. The van der Waals surface area contributed by atoms with E-state index in [0.717, 1.165) is 21.4 Å². The number of fused-ring (bicyclic) bond motifs is 1. The van der Waals surface area contributed by atoms with Crippen molar-refractivity contribution >= 4 is 29.3 Å². The summed E-state index contributed by atoms with van der Waals surface area (Å²) in [5.74, 6) is -1.09. The molecule has 1 heterocycles. The van der Waals surface area contributed by atoms with E-state index in [1.807, 2.05) is 12.1 Å². The molecule has 106 valence electrons. The summed E-state index contributed by atoms with van der Waals surface area (Å²) >= 11 is 0. The molecule has 0 saturated carbocycles. The average Bonchev–Trinajstić information content (AvgIpc) is 2.37. The third-order valence-electron chi connectivity index (χ3n) is 3.12. The van der Waals surface area contributed by atoms with Crippen molar-refractivity contribution in [2.24, 2.45) is 0 Å². The van der Waals surface area contributed by atoms with E-state index in [-0.39, 0.29) is 12.3 Å². The largest absolute Gasteiger partial charge is 0.493 e. The van der Waals surface area contributed by atoms with E-state index in [1.165, 1.54) is 0 Å². The van der Waals surface area contributed by atoms with Crippen molar-refractivity contribution in [1.82, 2.24) is 0 Å². The summed E-state index contributed by atoms with van der Waals surface area (Å²) in [6, 6.07) is 5.45. The highest BCUT2D eigenvalue weighted by Gasteiger charge is 2.32. The van der Waals surface area contributed by atoms with Gasteiger partial charge in [0.2, 0.25) is 0 Å². The molecule has 0 fully saturated rings. The fourth-order valence-electron chi connectivity index (χ4n) is 2.13. The van der Waals surface area contributed by atoms with E-state index >= 15 is 0 Å². The first-order chi connectivity index (χ1) is 8.91. The summed E-state index contributed by atoms with van der Waals surface area (Å²) in [6.45, 7) is 0.460. The van der Waals surface area contributed by atoms with Crippen molar-refractivity contribution in [2.45, 2.75) is 29.5 Å². The monoisotopic (exact) mass is 324 g/mol. The molecule has 0 spiro atoms. The standard InChI is InChI=1S/C11H14ClO5PS/c12-19-8-1-2-9-7(3-4-17-10(9)6-8)5-11(13)18(14,15)16/h1-2,6-7,11,13H,3-5H2,(H2,14,15,16). The Hall–Kier alpha value is -0.230. The highest BCUT2D eigenvalue weighted by molar-refractivity contribution is 8.21. The summed E-state index contributed by atoms with van der Waals surface area (Å²) in [6.07, 6.45) is 0.644. The predicted molar refractivity (Wildman–Crippen MR) is 73.7 cm³/mol. The first-order valence-corrected chi connectivity index (χ1v) is 9.03. The fourth-order valence-corrected chi connectivity index (χ4v) is 3.22.